The molecule has 0 amide bonds. The van der Waals surface area contributed by atoms with Gasteiger partial charge in [0.15, 0.2) is 0 Å². The third-order valence-electron chi connectivity index (χ3n) is 7.10. The molecule has 0 spiro atoms. The summed E-state index contributed by atoms with van der Waals surface area (Å²) < 4.78 is 33.7. The Kier molecular flexibility index (Phi) is 7.55. The highest BCUT2D eigenvalue weighted by atomic mass is 32.2. The van der Waals surface area contributed by atoms with Gasteiger partial charge in [-0.15, -0.1) is 0 Å². The van der Waals surface area contributed by atoms with Gasteiger partial charge in [0.1, 0.15) is 11.2 Å². The number of hydrogen-bond donors (Lipinski definition) is 1. The van der Waals surface area contributed by atoms with Crippen molar-refractivity contribution in [3.63, 3.8) is 0 Å². The quantitative estimate of drug-likeness (QED) is 0.201. The predicted octanol–water partition coefficient (Wildman–Crippen LogP) is 8.34. The summed E-state index contributed by atoms with van der Waals surface area (Å²) in [6.45, 7) is 7.93. The summed E-state index contributed by atoms with van der Waals surface area (Å²) in [5.74, 6) is -0.125. The van der Waals surface area contributed by atoms with E-state index >= 15 is 0 Å². The number of aliphatic carboxylic acids is 1. The van der Waals surface area contributed by atoms with Crippen LogP contribution in [0, 0.1) is 5.92 Å². The maximum atomic E-state index is 13.7. The maximum absolute atomic E-state index is 13.7. The maximum Gasteiger partial charge on any atom is 0.307 e. The molecule has 0 fully saturated rings. The number of carboxylic acid groups (broad SMARTS) is 1. The normalized spacial score (nSPS) is 13.1. The van der Waals surface area contributed by atoms with Crippen LogP contribution < -0.4 is 0 Å². The first-order valence-corrected chi connectivity index (χ1v) is 15.8. The lowest BCUT2D eigenvalue weighted by Gasteiger charge is -2.24. The highest BCUT2D eigenvalue weighted by molar-refractivity contribution is 7.98. The second kappa shape index (κ2) is 10.8. The van der Waals surface area contributed by atoms with E-state index in [1.54, 1.807) is 43.3 Å². The van der Waals surface area contributed by atoms with Crippen LogP contribution in [0.1, 0.15) is 38.8 Å². The van der Waals surface area contributed by atoms with Crippen molar-refractivity contribution in [3.8, 4) is 11.1 Å². The zero-order chi connectivity index (χ0) is 28.7. The third-order valence-corrected chi connectivity index (χ3v) is 10.1. The van der Waals surface area contributed by atoms with Gasteiger partial charge in [0, 0.05) is 27.8 Å². The van der Waals surface area contributed by atoms with Crippen molar-refractivity contribution in [1.29, 1.82) is 0 Å². The molecule has 40 heavy (non-hydrogen) atoms. The molecule has 0 aliphatic heterocycles. The van der Waals surface area contributed by atoms with Crippen molar-refractivity contribution in [2.24, 2.45) is 5.92 Å². The fraction of sp³-hybridized carbons (Fsp3) is 0.242. The molecular weight excluding hydrogens is 540 g/mol. The Labute approximate surface area is 239 Å². The molecular formula is C33H32O5S2. The lowest BCUT2D eigenvalue weighted by atomic mass is 9.81. The van der Waals surface area contributed by atoms with Crippen LogP contribution in [0.2, 0.25) is 0 Å². The SMILES string of the molecule is CC(CSCc1ccc(S(=O)(=O)c2ccc(-c3cccc4c3oc3ccccc34)c(C(C)(C)C)c2)cc1)C(=O)O. The molecule has 1 unspecified atom stereocenters. The topological polar surface area (TPSA) is 84.6 Å². The van der Waals surface area contributed by atoms with Gasteiger partial charge < -0.3 is 9.52 Å². The Bertz CT molecular complexity index is 1810. The van der Waals surface area contributed by atoms with E-state index in [0.717, 1.165) is 44.2 Å². The Morgan fingerprint density at radius 3 is 2.25 bits per heavy atom. The summed E-state index contributed by atoms with van der Waals surface area (Å²) >= 11 is 1.52. The number of sulfone groups is 1. The summed E-state index contributed by atoms with van der Waals surface area (Å²) in [5.41, 5.74) is 5.02. The van der Waals surface area contributed by atoms with Gasteiger partial charge in [0.05, 0.1) is 15.7 Å². The van der Waals surface area contributed by atoms with Crippen LogP contribution >= 0.6 is 11.8 Å². The summed E-state index contributed by atoms with van der Waals surface area (Å²) in [4.78, 5) is 11.5. The Morgan fingerprint density at radius 1 is 0.875 bits per heavy atom. The van der Waals surface area contributed by atoms with Gasteiger partial charge in [-0.2, -0.15) is 11.8 Å². The van der Waals surface area contributed by atoms with Crippen LogP contribution in [-0.4, -0.2) is 25.2 Å². The number of fused-ring (bicyclic) bond motifs is 3. The minimum Gasteiger partial charge on any atom is -0.481 e. The molecule has 4 aromatic carbocycles. The molecule has 1 heterocycles. The fourth-order valence-electron chi connectivity index (χ4n) is 4.83. The van der Waals surface area contributed by atoms with Crippen LogP contribution in [0.5, 0.6) is 0 Å². The van der Waals surface area contributed by atoms with Crippen molar-refractivity contribution < 1.29 is 22.7 Å². The standard InChI is InChI=1S/C33H32O5S2/c1-21(32(34)35)19-39-20-22-12-14-23(15-13-22)40(36,37)24-16-17-25(29(18-24)33(2,3)4)27-9-7-10-28-26-8-5-6-11-30(26)38-31(27)28/h5-18,21H,19-20H2,1-4H3,(H,34,35). The van der Waals surface area contributed by atoms with Crippen LogP contribution in [-0.2, 0) is 25.8 Å². The van der Waals surface area contributed by atoms with Gasteiger partial charge in [0.2, 0.25) is 9.84 Å². The van der Waals surface area contributed by atoms with E-state index < -0.39 is 21.7 Å². The zero-order valence-corrected chi connectivity index (χ0v) is 24.6. The number of rotatable bonds is 8. The second-order valence-electron chi connectivity index (χ2n) is 11.1. The molecule has 1 aromatic heterocycles. The van der Waals surface area contributed by atoms with Crippen LogP contribution in [0.15, 0.2) is 99.1 Å². The first-order valence-electron chi connectivity index (χ1n) is 13.2. The molecule has 5 aromatic rings. The Hall–Kier alpha value is -3.55. The minimum atomic E-state index is -3.75. The molecule has 5 rings (SSSR count). The average molecular weight is 573 g/mol. The summed E-state index contributed by atoms with van der Waals surface area (Å²) in [7, 11) is -3.75. The van der Waals surface area contributed by atoms with Gasteiger partial charge in [-0.3, -0.25) is 4.79 Å². The summed E-state index contributed by atoms with van der Waals surface area (Å²) in [5, 5.41) is 11.1. The molecule has 0 radical (unpaired) electrons. The largest absolute Gasteiger partial charge is 0.481 e. The number of furan rings is 1. The van der Waals surface area contributed by atoms with Crippen molar-refractivity contribution in [2.45, 2.75) is 48.7 Å². The van der Waals surface area contributed by atoms with Crippen molar-refractivity contribution in [2.75, 3.05) is 5.75 Å². The van der Waals surface area contributed by atoms with Gasteiger partial charge in [-0.05, 0) is 52.4 Å². The van der Waals surface area contributed by atoms with Crippen LogP contribution in [0.25, 0.3) is 33.1 Å². The first kappa shape index (κ1) is 28.0. The molecule has 0 aliphatic carbocycles. The van der Waals surface area contributed by atoms with E-state index in [4.69, 9.17) is 9.52 Å². The molecule has 0 saturated heterocycles. The third kappa shape index (κ3) is 5.40. The van der Waals surface area contributed by atoms with Gasteiger partial charge >= 0.3 is 5.97 Å². The molecule has 5 nitrogen and oxygen atoms in total. The number of carbonyl (C=O) groups is 1. The Balaban J connectivity index is 1.50. The molecule has 0 saturated carbocycles. The molecule has 0 aliphatic rings. The molecule has 1 N–H and O–H groups in total. The van der Waals surface area contributed by atoms with Gasteiger partial charge in [-0.25, -0.2) is 8.42 Å². The van der Waals surface area contributed by atoms with E-state index in [2.05, 4.69) is 26.8 Å². The minimum absolute atomic E-state index is 0.229. The number of para-hydroxylation sites is 2. The number of carboxylic acids is 1. The number of benzene rings is 4. The van der Waals surface area contributed by atoms with E-state index in [9.17, 15) is 13.2 Å². The Morgan fingerprint density at radius 2 is 1.55 bits per heavy atom. The van der Waals surface area contributed by atoms with Gasteiger partial charge in [0.25, 0.3) is 0 Å². The van der Waals surface area contributed by atoms with E-state index in [0.29, 0.717) is 11.5 Å². The van der Waals surface area contributed by atoms with Crippen molar-refractivity contribution in [3.05, 3.63) is 96.1 Å². The molecule has 206 valence electrons. The highest BCUT2D eigenvalue weighted by Crippen LogP contribution is 2.41. The van der Waals surface area contributed by atoms with Crippen molar-refractivity contribution in [1.82, 2.24) is 0 Å². The van der Waals surface area contributed by atoms with E-state index in [1.165, 1.54) is 11.8 Å². The monoisotopic (exact) mass is 572 g/mol. The van der Waals surface area contributed by atoms with Crippen molar-refractivity contribution >= 4 is 49.5 Å². The molecule has 0 bridgehead atoms. The summed E-state index contributed by atoms with van der Waals surface area (Å²) in [6, 6.07) is 26.3. The predicted molar refractivity (Wildman–Crippen MR) is 163 cm³/mol. The highest BCUT2D eigenvalue weighted by Gasteiger charge is 2.26. The second-order valence-corrected chi connectivity index (χ2v) is 14.1. The lowest BCUT2D eigenvalue weighted by Crippen LogP contribution is -2.14. The first-order chi connectivity index (χ1) is 19.0. The van der Waals surface area contributed by atoms with E-state index in [-0.39, 0.29) is 15.2 Å². The van der Waals surface area contributed by atoms with Crippen LogP contribution in [0.3, 0.4) is 0 Å². The van der Waals surface area contributed by atoms with E-state index in [1.807, 2.05) is 42.5 Å². The lowest BCUT2D eigenvalue weighted by molar-refractivity contribution is -0.140. The summed E-state index contributed by atoms with van der Waals surface area (Å²) in [6.07, 6.45) is 0. The average Bonchev–Trinajstić information content (AvgIpc) is 3.31. The smallest absolute Gasteiger partial charge is 0.307 e. The fourth-order valence-corrected chi connectivity index (χ4v) is 7.16. The molecule has 1 atom stereocenters. The zero-order valence-electron chi connectivity index (χ0n) is 23.0. The molecule has 7 heteroatoms. The van der Waals surface area contributed by atoms with Crippen LogP contribution in [0.4, 0.5) is 0 Å². The number of hydrogen-bond acceptors (Lipinski definition) is 5. The number of thioether (sulfide) groups is 1. The van der Waals surface area contributed by atoms with Gasteiger partial charge in [-0.1, -0.05) is 82.3 Å².